The van der Waals surface area contributed by atoms with Gasteiger partial charge >= 0.3 is 0 Å². The maximum absolute atomic E-state index is 5.45. The Morgan fingerprint density at radius 3 is 1.09 bits per heavy atom. The van der Waals surface area contributed by atoms with E-state index in [4.69, 9.17) is 15.0 Å². The lowest BCUT2D eigenvalue weighted by molar-refractivity contribution is 1.06. The fourth-order valence-corrected chi connectivity index (χ4v) is 14.5. The van der Waals surface area contributed by atoms with Crippen LogP contribution < -0.4 is 26.2 Å². The van der Waals surface area contributed by atoms with Crippen LogP contribution in [0.2, 0.25) is 0 Å². The van der Waals surface area contributed by atoms with E-state index in [0.717, 1.165) is 111 Å². The van der Waals surface area contributed by atoms with Gasteiger partial charge in [-0.3, -0.25) is 0 Å². The van der Waals surface area contributed by atoms with Crippen molar-refractivity contribution in [1.82, 2.24) is 19.5 Å². The molecule has 2 aliphatic rings. The lowest BCUT2D eigenvalue weighted by atomic mass is 9.33. The lowest BCUT2D eigenvalue weighted by Gasteiger charge is -2.44. The van der Waals surface area contributed by atoms with Gasteiger partial charge in [0.05, 0.1) is 16.7 Å². The molecular weight excluding hydrogens is 1140 g/mol. The second-order valence-corrected chi connectivity index (χ2v) is 24.3. The monoisotopic (exact) mass is 1200 g/mol. The van der Waals surface area contributed by atoms with Gasteiger partial charge in [-0.2, -0.15) is 0 Å². The van der Waals surface area contributed by atoms with Gasteiger partial charge in [0.15, 0.2) is 17.5 Å². The molecule has 7 heteroatoms. The van der Waals surface area contributed by atoms with E-state index in [1.807, 2.05) is 36.4 Å². The molecule has 14 aromatic carbocycles. The Labute approximate surface area is 546 Å². The van der Waals surface area contributed by atoms with Crippen LogP contribution in [0.1, 0.15) is 0 Å². The van der Waals surface area contributed by atoms with Crippen LogP contribution in [0, 0.1) is 0 Å². The molecule has 0 amide bonds. The summed E-state index contributed by atoms with van der Waals surface area (Å²) in [6.45, 7) is 0.0202. The van der Waals surface area contributed by atoms with Crippen molar-refractivity contribution in [2.45, 2.75) is 0 Å². The highest BCUT2D eigenvalue weighted by atomic mass is 15.2. The van der Waals surface area contributed by atoms with E-state index in [2.05, 4.69) is 324 Å². The first-order valence-electron chi connectivity index (χ1n) is 32.1. The molecule has 0 unspecified atom stereocenters. The first kappa shape index (κ1) is 54.5. The van der Waals surface area contributed by atoms with Crippen LogP contribution >= 0.6 is 0 Å². The van der Waals surface area contributed by atoms with Gasteiger partial charge in [0.25, 0.3) is 6.71 Å². The zero-order valence-electron chi connectivity index (χ0n) is 51.2. The Kier molecular flexibility index (Phi) is 13.2. The third kappa shape index (κ3) is 9.32. The van der Waals surface area contributed by atoms with Crippen molar-refractivity contribution >= 4 is 79.0 Å². The van der Waals surface area contributed by atoms with Crippen LogP contribution in [0.3, 0.4) is 0 Å². The highest BCUT2D eigenvalue weighted by Crippen LogP contribution is 2.48. The SMILES string of the molecule is c1ccc(-c2ccc3c(c2)c2cc(-c4ccccc4)ccc2n3-c2c(-c3cccc(-c4cccc(-c5cc6c7c(c5)N(c5ccccc5)c5ccccc5B7c5ccccc5N6c5ccccc5)c4)c3)cccc2-c2nc(-c3ccccc3)nc(-c3ccccc3)n2)cc1. The van der Waals surface area contributed by atoms with Crippen molar-refractivity contribution in [3.63, 3.8) is 0 Å². The third-order valence-corrected chi connectivity index (χ3v) is 18.8. The molecule has 2 aliphatic heterocycles. The molecule has 6 nitrogen and oxygen atoms in total. The number of hydrogen-bond donors (Lipinski definition) is 0. The molecule has 94 heavy (non-hydrogen) atoms. The second kappa shape index (κ2) is 22.8. The Morgan fingerprint density at radius 1 is 0.234 bits per heavy atom. The van der Waals surface area contributed by atoms with E-state index >= 15 is 0 Å². The number of hydrogen-bond acceptors (Lipinski definition) is 5. The van der Waals surface area contributed by atoms with Gasteiger partial charge in [-0.1, -0.05) is 255 Å². The van der Waals surface area contributed by atoms with Gasteiger partial charge in [-0.25, -0.2) is 15.0 Å². The summed E-state index contributed by atoms with van der Waals surface area (Å²) < 4.78 is 2.46. The Hall–Kier alpha value is -12.4. The van der Waals surface area contributed by atoms with E-state index in [1.54, 1.807) is 0 Å². The van der Waals surface area contributed by atoms with Crippen molar-refractivity contribution in [1.29, 1.82) is 0 Å². The highest BCUT2D eigenvalue weighted by molar-refractivity contribution is 7.00. The molecule has 0 bridgehead atoms. The Balaban J connectivity index is 0.847. The predicted molar refractivity (Wildman–Crippen MR) is 392 cm³/mol. The van der Waals surface area contributed by atoms with Gasteiger partial charge < -0.3 is 14.4 Å². The molecule has 0 fully saturated rings. The van der Waals surface area contributed by atoms with E-state index in [0.29, 0.717) is 17.5 Å². The van der Waals surface area contributed by atoms with Crippen LogP contribution in [0.15, 0.2) is 346 Å². The van der Waals surface area contributed by atoms with Gasteiger partial charge in [0.2, 0.25) is 0 Å². The molecule has 0 aliphatic carbocycles. The van der Waals surface area contributed by atoms with Crippen molar-refractivity contribution in [3.8, 4) is 95.5 Å². The van der Waals surface area contributed by atoms with E-state index in [9.17, 15) is 0 Å². The van der Waals surface area contributed by atoms with Gasteiger partial charge in [0, 0.05) is 67.2 Å². The quantitative estimate of drug-likeness (QED) is 0.121. The molecule has 438 valence electrons. The summed E-state index contributed by atoms with van der Waals surface area (Å²) >= 11 is 0. The number of rotatable bonds is 11. The molecule has 0 radical (unpaired) electrons. The summed E-state index contributed by atoms with van der Waals surface area (Å²) in [5, 5.41) is 2.29. The number of anilines is 6. The highest BCUT2D eigenvalue weighted by Gasteiger charge is 2.43. The van der Waals surface area contributed by atoms with Gasteiger partial charge in [-0.15, -0.1) is 0 Å². The summed E-state index contributed by atoms with van der Waals surface area (Å²) in [6.07, 6.45) is 0. The van der Waals surface area contributed by atoms with E-state index < -0.39 is 0 Å². The van der Waals surface area contributed by atoms with E-state index in [-0.39, 0.29) is 6.71 Å². The van der Waals surface area contributed by atoms with Crippen LogP contribution in [-0.4, -0.2) is 26.2 Å². The van der Waals surface area contributed by atoms with Crippen LogP contribution in [0.5, 0.6) is 0 Å². The molecule has 18 rings (SSSR count). The molecular formula is C87H57BN6. The summed E-state index contributed by atoms with van der Waals surface area (Å²) in [5.41, 5.74) is 27.7. The standard InChI is InChI=1S/C87H57BN6/c1-7-26-58(27-8-1)65-48-50-77-73(54-65)74-55-66(59-28-9-2-10-29-59)49-51-78(74)94(77)84-71(42-25-43-72(84)87-90-85(60-30-11-3-12-31-60)89-86(91-87)61-32-13-4-14-33-61)67-37-24-35-63(53-67)62-34-23-36-64(52-62)68-56-81-83-82(57-68)93(70-40-17-6-18-41-70)80-47-22-20-45-76(80)88(83)75-44-19-21-46-79(75)92(81)69-38-15-5-16-39-69/h1-57H. The zero-order valence-corrected chi connectivity index (χ0v) is 51.2. The summed E-state index contributed by atoms with van der Waals surface area (Å²) in [6, 6.07) is 125. The smallest absolute Gasteiger partial charge is 0.252 e. The van der Waals surface area contributed by atoms with Crippen molar-refractivity contribution in [2.75, 3.05) is 9.80 Å². The number of fused-ring (bicyclic) bond motifs is 7. The fourth-order valence-electron chi connectivity index (χ4n) is 14.5. The molecule has 16 aromatic rings. The topological polar surface area (TPSA) is 50.1 Å². The first-order valence-corrected chi connectivity index (χ1v) is 32.1. The number of para-hydroxylation sites is 5. The number of benzene rings is 14. The minimum absolute atomic E-state index is 0.0202. The normalized spacial score (nSPS) is 12.2. The Bertz CT molecular complexity index is 5300. The van der Waals surface area contributed by atoms with E-state index in [1.165, 1.54) is 39.1 Å². The van der Waals surface area contributed by atoms with Crippen molar-refractivity contribution in [2.24, 2.45) is 0 Å². The van der Waals surface area contributed by atoms with Gasteiger partial charge in [0.1, 0.15) is 0 Å². The maximum Gasteiger partial charge on any atom is 0.252 e. The fraction of sp³-hybridized carbons (Fsp3) is 0. The second-order valence-electron chi connectivity index (χ2n) is 24.3. The molecule has 0 atom stereocenters. The summed E-state index contributed by atoms with van der Waals surface area (Å²) in [7, 11) is 0. The predicted octanol–water partition coefficient (Wildman–Crippen LogP) is 20.4. The number of nitrogens with zero attached hydrogens (tertiary/aromatic N) is 6. The molecule has 2 aromatic heterocycles. The summed E-state index contributed by atoms with van der Waals surface area (Å²) in [5.74, 6) is 1.77. The van der Waals surface area contributed by atoms with Gasteiger partial charge in [-0.05, 0) is 157 Å². The third-order valence-electron chi connectivity index (χ3n) is 18.8. The minimum Gasteiger partial charge on any atom is -0.311 e. The number of aromatic nitrogens is 4. The van der Waals surface area contributed by atoms with Crippen LogP contribution in [0.4, 0.5) is 34.1 Å². The molecule has 0 saturated heterocycles. The maximum atomic E-state index is 5.45. The minimum atomic E-state index is 0.0202. The molecule has 4 heterocycles. The Morgan fingerprint density at radius 2 is 0.596 bits per heavy atom. The van der Waals surface area contributed by atoms with Crippen molar-refractivity contribution in [3.05, 3.63) is 346 Å². The van der Waals surface area contributed by atoms with Crippen molar-refractivity contribution < 1.29 is 0 Å². The summed E-state index contributed by atoms with van der Waals surface area (Å²) in [4.78, 5) is 21.0. The molecule has 0 saturated carbocycles. The lowest BCUT2D eigenvalue weighted by Crippen LogP contribution is -2.61. The largest absolute Gasteiger partial charge is 0.311 e. The average molecular weight is 1200 g/mol. The molecule has 0 N–H and O–H groups in total. The first-order chi connectivity index (χ1) is 46.6. The van der Waals surface area contributed by atoms with Crippen LogP contribution in [-0.2, 0) is 0 Å². The van der Waals surface area contributed by atoms with Crippen LogP contribution in [0.25, 0.3) is 117 Å². The molecule has 0 spiro atoms. The zero-order chi connectivity index (χ0) is 62.1. The average Bonchev–Trinajstić information content (AvgIpc) is 0.726.